The zero-order chi connectivity index (χ0) is 19.4. The van der Waals surface area contributed by atoms with Gasteiger partial charge in [0.2, 0.25) is 0 Å². The molecular formula is C21H20BrNO4. The van der Waals surface area contributed by atoms with Crippen LogP contribution in [0.3, 0.4) is 0 Å². The summed E-state index contributed by atoms with van der Waals surface area (Å²) in [5, 5.41) is 3.71. The standard InChI is InChI=1S/C21H20BrNO4/c1-3-4-14-10-21(25)27-19-11-16(6-7-17(14)19)26-12-20(24)23-18-8-5-15(22)9-13(18)2/h5-11H,3-4,12H2,1-2H3,(H,23,24). The maximum Gasteiger partial charge on any atom is 0.336 e. The number of hydrogen-bond acceptors (Lipinski definition) is 4. The van der Waals surface area contributed by atoms with E-state index in [0.29, 0.717) is 11.3 Å². The van der Waals surface area contributed by atoms with E-state index in [1.807, 2.05) is 31.2 Å². The molecule has 2 aromatic carbocycles. The Balaban J connectivity index is 1.71. The predicted molar refractivity (Wildman–Crippen MR) is 109 cm³/mol. The molecule has 0 radical (unpaired) electrons. The molecule has 1 heterocycles. The van der Waals surface area contributed by atoms with Crippen LogP contribution in [0.15, 0.2) is 56.1 Å². The Bertz CT molecular complexity index is 1040. The van der Waals surface area contributed by atoms with Gasteiger partial charge in [-0.25, -0.2) is 4.79 Å². The summed E-state index contributed by atoms with van der Waals surface area (Å²) in [6.45, 7) is 3.84. The van der Waals surface area contributed by atoms with Crippen molar-refractivity contribution in [1.82, 2.24) is 0 Å². The minimum absolute atomic E-state index is 0.139. The van der Waals surface area contributed by atoms with Gasteiger partial charge in [0.05, 0.1) is 0 Å². The lowest BCUT2D eigenvalue weighted by Gasteiger charge is -2.11. The molecule has 0 aliphatic rings. The summed E-state index contributed by atoms with van der Waals surface area (Å²) in [6, 6.07) is 12.4. The number of amides is 1. The number of aryl methyl sites for hydroxylation is 2. The van der Waals surface area contributed by atoms with Crippen LogP contribution >= 0.6 is 15.9 Å². The van der Waals surface area contributed by atoms with Crippen molar-refractivity contribution in [3.63, 3.8) is 0 Å². The summed E-state index contributed by atoms with van der Waals surface area (Å²) in [6.07, 6.45) is 1.74. The monoisotopic (exact) mass is 429 g/mol. The van der Waals surface area contributed by atoms with Crippen molar-refractivity contribution in [2.75, 3.05) is 11.9 Å². The Morgan fingerprint density at radius 3 is 2.74 bits per heavy atom. The normalized spacial score (nSPS) is 10.8. The van der Waals surface area contributed by atoms with Crippen molar-refractivity contribution in [3.8, 4) is 5.75 Å². The van der Waals surface area contributed by atoms with Gasteiger partial charge in [-0.3, -0.25) is 4.79 Å². The topological polar surface area (TPSA) is 68.5 Å². The summed E-state index contributed by atoms with van der Waals surface area (Å²) < 4.78 is 11.8. The fourth-order valence-electron chi connectivity index (χ4n) is 2.88. The smallest absolute Gasteiger partial charge is 0.336 e. The Labute approximate surface area is 165 Å². The SMILES string of the molecule is CCCc1cc(=O)oc2cc(OCC(=O)Nc3ccc(Br)cc3C)ccc12. The van der Waals surface area contributed by atoms with Gasteiger partial charge in [-0.05, 0) is 54.8 Å². The molecule has 3 aromatic rings. The number of ether oxygens (including phenoxy) is 1. The maximum atomic E-state index is 12.2. The van der Waals surface area contributed by atoms with E-state index >= 15 is 0 Å². The molecule has 1 aromatic heterocycles. The van der Waals surface area contributed by atoms with E-state index in [1.54, 1.807) is 12.1 Å². The van der Waals surface area contributed by atoms with Crippen LogP contribution in [-0.4, -0.2) is 12.5 Å². The lowest BCUT2D eigenvalue weighted by Crippen LogP contribution is -2.20. The van der Waals surface area contributed by atoms with E-state index in [2.05, 4.69) is 28.2 Å². The molecule has 140 valence electrons. The van der Waals surface area contributed by atoms with Crippen molar-refractivity contribution >= 4 is 38.5 Å². The van der Waals surface area contributed by atoms with Gasteiger partial charge in [-0.1, -0.05) is 29.3 Å². The lowest BCUT2D eigenvalue weighted by molar-refractivity contribution is -0.118. The Kier molecular flexibility index (Phi) is 5.96. The summed E-state index contributed by atoms with van der Waals surface area (Å²) in [5.74, 6) is 0.212. The van der Waals surface area contributed by atoms with E-state index < -0.39 is 0 Å². The van der Waals surface area contributed by atoms with Crippen LogP contribution in [0.1, 0.15) is 24.5 Å². The molecule has 0 fully saturated rings. The molecule has 5 nitrogen and oxygen atoms in total. The second-order valence-corrected chi connectivity index (χ2v) is 7.21. The molecule has 27 heavy (non-hydrogen) atoms. The zero-order valence-corrected chi connectivity index (χ0v) is 16.8. The van der Waals surface area contributed by atoms with Crippen LogP contribution in [-0.2, 0) is 11.2 Å². The average molecular weight is 430 g/mol. The second-order valence-electron chi connectivity index (χ2n) is 6.29. The van der Waals surface area contributed by atoms with Gasteiger partial charge in [0.1, 0.15) is 11.3 Å². The number of benzene rings is 2. The molecule has 0 saturated heterocycles. The van der Waals surface area contributed by atoms with E-state index in [0.717, 1.165) is 39.5 Å². The number of carbonyl (C=O) groups excluding carboxylic acids is 1. The molecular weight excluding hydrogens is 410 g/mol. The van der Waals surface area contributed by atoms with Crippen molar-refractivity contribution in [2.45, 2.75) is 26.7 Å². The van der Waals surface area contributed by atoms with Gasteiger partial charge >= 0.3 is 5.63 Å². The van der Waals surface area contributed by atoms with Crippen LogP contribution in [0.25, 0.3) is 11.0 Å². The van der Waals surface area contributed by atoms with E-state index in [9.17, 15) is 9.59 Å². The first-order valence-corrected chi connectivity index (χ1v) is 9.51. The second kappa shape index (κ2) is 8.39. The molecule has 0 atom stereocenters. The fraction of sp³-hybridized carbons (Fsp3) is 0.238. The number of halogens is 1. The first kappa shape index (κ1) is 19.2. The van der Waals surface area contributed by atoms with E-state index in [4.69, 9.17) is 9.15 Å². The molecule has 0 saturated carbocycles. The van der Waals surface area contributed by atoms with Gasteiger partial charge in [-0.2, -0.15) is 0 Å². The molecule has 0 aliphatic carbocycles. The number of hydrogen-bond donors (Lipinski definition) is 1. The van der Waals surface area contributed by atoms with Gasteiger partial charge < -0.3 is 14.5 Å². The van der Waals surface area contributed by atoms with Crippen LogP contribution in [0.4, 0.5) is 5.69 Å². The quantitative estimate of drug-likeness (QED) is 0.569. The first-order chi connectivity index (χ1) is 13.0. The average Bonchev–Trinajstić information content (AvgIpc) is 2.62. The highest BCUT2D eigenvalue weighted by atomic mass is 79.9. The molecule has 3 rings (SSSR count). The predicted octanol–water partition coefficient (Wildman–Crippen LogP) is 4.83. The van der Waals surface area contributed by atoms with Gasteiger partial charge in [0.15, 0.2) is 6.61 Å². The summed E-state index contributed by atoms with van der Waals surface area (Å²) in [4.78, 5) is 23.9. The Morgan fingerprint density at radius 1 is 1.19 bits per heavy atom. The fourth-order valence-corrected chi connectivity index (χ4v) is 3.35. The summed E-state index contributed by atoms with van der Waals surface area (Å²) >= 11 is 3.39. The summed E-state index contributed by atoms with van der Waals surface area (Å²) in [7, 11) is 0. The molecule has 0 spiro atoms. The van der Waals surface area contributed by atoms with Crippen molar-refractivity contribution in [2.24, 2.45) is 0 Å². The number of fused-ring (bicyclic) bond motifs is 1. The molecule has 0 unspecified atom stereocenters. The molecule has 1 amide bonds. The highest BCUT2D eigenvalue weighted by molar-refractivity contribution is 9.10. The zero-order valence-electron chi connectivity index (χ0n) is 15.2. The van der Waals surface area contributed by atoms with Gasteiger partial charge in [-0.15, -0.1) is 0 Å². The molecule has 1 N–H and O–H groups in total. The van der Waals surface area contributed by atoms with E-state index in [-0.39, 0.29) is 18.1 Å². The maximum absolute atomic E-state index is 12.2. The Hall–Kier alpha value is -2.60. The van der Waals surface area contributed by atoms with Crippen molar-refractivity contribution < 1.29 is 13.9 Å². The summed E-state index contributed by atoms with van der Waals surface area (Å²) in [5.41, 5.74) is 2.73. The molecule has 0 aliphatic heterocycles. The number of nitrogens with one attached hydrogen (secondary N) is 1. The minimum atomic E-state index is -0.383. The lowest BCUT2D eigenvalue weighted by atomic mass is 10.1. The van der Waals surface area contributed by atoms with Crippen LogP contribution in [0.5, 0.6) is 5.75 Å². The first-order valence-electron chi connectivity index (χ1n) is 8.72. The minimum Gasteiger partial charge on any atom is -0.484 e. The van der Waals surface area contributed by atoms with Gasteiger partial charge in [0.25, 0.3) is 5.91 Å². The number of rotatable bonds is 6. The van der Waals surface area contributed by atoms with Crippen LogP contribution in [0.2, 0.25) is 0 Å². The van der Waals surface area contributed by atoms with Crippen molar-refractivity contribution in [3.05, 3.63) is 68.5 Å². The molecule has 6 heteroatoms. The third-order valence-electron chi connectivity index (χ3n) is 4.15. The highest BCUT2D eigenvalue weighted by Crippen LogP contribution is 2.24. The number of anilines is 1. The largest absolute Gasteiger partial charge is 0.484 e. The van der Waals surface area contributed by atoms with Crippen LogP contribution in [0, 0.1) is 6.92 Å². The number of carbonyl (C=O) groups is 1. The molecule has 0 bridgehead atoms. The third-order valence-corrected chi connectivity index (χ3v) is 4.65. The van der Waals surface area contributed by atoms with Gasteiger partial charge in [0, 0.05) is 27.7 Å². The van der Waals surface area contributed by atoms with E-state index in [1.165, 1.54) is 6.07 Å². The van der Waals surface area contributed by atoms with Crippen molar-refractivity contribution in [1.29, 1.82) is 0 Å². The Morgan fingerprint density at radius 2 is 2.00 bits per heavy atom. The van der Waals surface area contributed by atoms with Crippen LogP contribution < -0.4 is 15.7 Å². The third kappa shape index (κ3) is 4.77. The highest BCUT2D eigenvalue weighted by Gasteiger charge is 2.09.